The SMILES string of the molecule is C[C@@H](CO)CC1CC(=O)CCC12NCc1cc(Cl)ccc12. The van der Waals surface area contributed by atoms with Gasteiger partial charge in [-0.1, -0.05) is 24.6 Å². The lowest BCUT2D eigenvalue weighted by molar-refractivity contribution is -0.124. The molecule has 0 amide bonds. The summed E-state index contributed by atoms with van der Waals surface area (Å²) in [6.45, 7) is 3.03. The minimum Gasteiger partial charge on any atom is -0.396 e. The Morgan fingerprint density at radius 2 is 2.33 bits per heavy atom. The van der Waals surface area contributed by atoms with Crippen molar-refractivity contribution in [1.29, 1.82) is 0 Å². The van der Waals surface area contributed by atoms with E-state index in [2.05, 4.69) is 11.4 Å². The van der Waals surface area contributed by atoms with Gasteiger partial charge in [-0.15, -0.1) is 0 Å². The molecule has 0 radical (unpaired) electrons. The lowest BCUT2D eigenvalue weighted by atomic mass is 9.66. The van der Waals surface area contributed by atoms with E-state index in [1.54, 1.807) is 0 Å². The highest BCUT2D eigenvalue weighted by atomic mass is 35.5. The van der Waals surface area contributed by atoms with E-state index in [1.165, 1.54) is 11.1 Å². The first-order chi connectivity index (χ1) is 10.0. The zero-order valence-electron chi connectivity index (χ0n) is 12.4. The van der Waals surface area contributed by atoms with Gasteiger partial charge in [0.05, 0.1) is 0 Å². The van der Waals surface area contributed by atoms with Gasteiger partial charge in [0.15, 0.2) is 0 Å². The van der Waals surface area contributed by atoms with E-state index in [1.807, 2.05) is 19.1 Å². The average molecular weight is 308 g/mol. The van der Waals surface area contributed by atoms with Crippen molar-refractivity contribution in [3.63, 3.8) is 0 Å². The summed E-state index contributed by atoms with van der Waals surface area (Å²) < 4.78 is 0. The molecule has 0 bridgehead atoms. The molecule has 0 aromatic heterocycles. The van der Waals surface area contributed by atoms with Crippen LogP contribution in [0, 0.1) is 11.8 Å². The maximum Gasteiger partial charge on any atom is 0.133 e. The Hall–Kier alpha value is -0.900. The maximum absolute atomic E-state index is 11.9. The van der Waals surface area contributed by atoms with Crippen molar-refractivity contribution in [2.24, 2.45) is 11.8 Å². The number of ketones is 1. The van der Waals surface area contributed by atoms with E-state index in [4.69, 9.17) is 11.6 Å². The van der Waals surface area contributed by atoms with E-state index in [9.17, 15) is 9.90 Å². The van der Waals surface area contributed by atoms with Gasteiger partial charge in [0, 0.05) is 36.6 Å². The number of hydrogen-bond acceptors (Lipinski definition) is 3. The number of benzene rings is 1. The molecule has 1 spiro atoms. The molecular formula is C17H22ClNO2. The van der Waals surface area contributed by atoms with Gasteiger partial charge in [-0.05, 0) is 47.9 Å². The van der Waals surface area contributed by atoms with Crippen molar-refractivity contribution >= 4 is 17.4 Å². The second kappa shape index (κ2) is 5.71. The fourth-order valence-corrected chi connectivity index (χ4v) is 4.21. The van der Waals surface area contributed by atoms with Crippen LogP contribution in [0.3, 0.4) is 0 Å². The second-order valence-electron chi connectivity index (χ2n) is 6.59. The monoisotopic (exact) mass is 307 g/mol. The third-order valence-corrected chi connectivity index (χ3v) is 5.35. The number of nitrogens with one attached hydrogen (secondary N) is 1. The van der Waals surface area contributed by atoms with Crippen LogP contribution in [0.15, 0.2) is 18.2 Å². The number of halogens is 1. The molecule has 2 unspecified atom stereocenters. The molecule has 1 aromatic carbocycles. The van der Waals surface area contributed by atoms with Crippen LogP contribution in [0.1, 0.15) is 43.7 Å². The minimum atomic E-state index is -0.114. The molecule has 1 aliphatic heterocycles. The molecule has 2 N–H and O–H groups in total. The first kappa shape index (κ1) is 15.0. The predicted molar refractivity (Wildman–Crippen MR) is 83.2 cm³/mol. The number of rotatable bonds is 3. The fourth-order valence-electron chi connectivity index (χ4n) is 4.02. The van der Waals surface area contributed by atoms with E-state index in [-0.39, 0.29) is 24.0 Å². The van der Waals surface area contributed by atoms with Gasteiger partial charge < -0.3 is 10.4 Å². The normalized spacial score (nSPS) is 29.7. The van der Waals surface area contributed by atoms with Crippen LogP contribution in [-0.2, 0) is 16.9 Å². The molecule has 21 heavy (non-hydrogen) atoms. The number of Topliss-reactive ketones (excluding diaryl/α,β-unsaturated/α-hetero) is 1. The molecule has 1 aliphatic carbocycles. The Morgan fingerprint density at radius 3 is 3.10 bits per heavy atom. The van der Waals surface area contributed by atoms with Gasteiger partial charge in [0.1, 0.15) is 5.78 Å². The van der Waals surface area contributed by atoms with Crippen LogP contribution in [0.4, 0.5) is 0 Å². The van der Waals surface area contributed by atoms with Crippen LogP contribution in [0.25, 0.3) is 0 Å². The third-order valence-electron chi connectivity index (χ3n) is 5.11. The third kappa shape index (κ3) is 2.63. The Bertz CT molecular complexity index is 560. The molecule has 0 saturated heterocycles. The summed E-state index contributed by atoms with van der Waals surface area (Å²) in [6.07, 6.45) is 2.97. The minimum absolute atomic E-state index is 0.114. The number of carbonyl (C=O) groups excluding carboxylic acids is 1. The van der Waals surface area contributed by atoms with Gasteiger partial charge in [0.2, 0.25) is 0 Å². The molecule has 3 nitrogen and oxygen atoms in total. The summed E-state index contributed by atoms with van der Waals surface area (Å²) in [4.78, 5) is 11.9. The molecule has 1 heterocycles. The van der Waals surface area contributed by atoms with Crippen molar-refractivity contribution < 1.29 is 9.90 Å². The molecule has 3 rings (SSSR count). The van der Waals surface area contributed by atoms with Gasteiger partial charge in [-0.2, -0.15) is 0 Å². The van der Waals surface area contributed by atoms with Crippen LogP contribution in [-0.4, -0.2) is 17.5 Å². The molecule has 1 fully saturated rings. The quantitative estimate of drug-likeness (QED) is 0.902. The van der Waals surface area contributed by atoms with Crippen LogP contribution in [0.2, 0.25) is 5.02 Å². The standard InChI is InChI=1S/C17H22ClNO2/c1-11(10-20)6-13-8-15(21)4-5-17(13)16-3-2-14(18)7-12(16)9-19-17/h2-3,7,11,13,19-20H,4-6,8-10H2,1H3/t11-,13?,17?/m1/s1. The summed E-state index contributed by atoms with van der Waals surface area (Å²) in [5.41, 5.74) is 2.44. The average Bonchev–Trinajstić information content (AvgIpc) is 2.82. The van der Waals surface area contributed by atoms with E-state index in [0.29, 0.717) is 18.6 Å². The summed E-state index contributed by atoms with van der Waals surface area (Å²) in [7, 11) is 0. The summed E-state index contributed by atoms with van der Waals surface area (Å²) in [5.74, 6) is 0.819. The summed E-state index contributed by atoms with van der Waals surface area (Å²) >= 11 is 6.10. The lowest BCUT2D eigenvalue weighted by Crippen LogP contribution is -2.48. The number of fused-ring (bicyclic) bond motifs is 2. The zero-order valence-corrected chi connectivity index (χ0v) is 13.1. The Labute approximate surface area is 130 Å². The van der Waals surface area contributed by atoms with E-state index >= 15 is 0 Å². The van der Waals surface area contributed by atoms with Gasteiger partial charge in [-0.3, -0.25) is 4.79 Å². The molecule has 1 aromatic rings. The highest BCUT2D eigenvalue weighted by Crippen LogP contribution is 2.48. The number of carbonyl (C=O) groups is 1. The van der Waals surface area contributed by atoms with Crippen LogP contribution in [0.5, 0.6) is 0 Å². The highest BCUT2D eigenvalue weighted by Gasteiger charge is 2.48. The Balaban J connectivity index is 1.97. The topological polar surface area (TPSA) is 49.3 Å². The predicted octanol–water partition coefficient (Wildman–Crippen LogP) is 3.03. The lowest BCUT2D eigenvalue weighted by Gasteiger charge is -2.43. The molecule has 2 aliphatic rings. The van der Waals surface area contributed by atoms with Crippen molar-refractivity contribution in [1.82, 2.24) is 5.32 Å². The largest absolute Gasteiger partial charge is 0.396 e. The molecule has 3 atom stereocenters. The number of aliphatic hydroxyl groups is 1. The Kier molecular flexibility index (Phi) is 4.08. The summed E-state index contributed by atoms with van der Waals surface area (Å²) in [6, 6.07) is 6.09. The van der Waals surface area contributed by atoms with Crippen molar-refractivity contribution in [3.8, 4) is 0 Å². The van der Waals surface area contributed by atoms with E-state index in [0.717, 1.165) is 24.4 Å². The van der Waals surface area contributed by atoms with Gasteiger partial charge in [0.25, 0.3) is 0 Å². The first-order valence-corrected chi connectivity index (χ1v) is 8.09. The van der Waals surface area contributed by atoms with Crippen molar-refractivity contribution in [3.05, 3.63) is 34.3 Å². The van der Waals surface area contributed by atoms with Gasteiger partial charge in [-0.25, -0.2) is 0 Å². The molecular weight excluding hydrogens is 286 g/mol. The van der Waals surface area contributed by atoms with Crippen molar-refractivity contribution in [2.45, 2.75) is 44.7 Å². The first-order valence-electron chi connectivity index (χ1n) is 7.71. The van der Waals surface area contributed by atoms with Crippen LogP contribution < -0.4 is 5.32 Å². The zero-order chi connectivity index (χ0) is 15.0. The number of aliphatic hydroxyl groups excluding tert-OH is 1. The molecule has 4 heteroatoms. The smallest absolute Gasteiger partial charge is 0.133 e. The highest BCUT2D eigenvalue weighted by molar-refractivity contribution is 6.30. The number of hydrogen-bond donors (Lipinski definition) is 2. The molecule has 114 valence electrons. The second-order valence-corrected chi connectivity index (χ2v) is 7.03. The summed E-state index contributed by atoms with van der Waals surface area (Å²) in [5, 5.41) is 13.8. The van der Waals surface area contributed by atoms with Crippen molar-refractivity contribution in [2.75, 3.05) is 6.61 Å². The molecule has 1 saturated carbocycles. The van der Waals surface area contributed by atoms with E-state index < -0.39 is 0 Å². The fraction of sp³-hybridized carbons (Fsp3) is 0.588. The van der Waals surface area contributed by atoms with Crippen LogP contribution >= 0.6 is 11.6 Å². The van der Waals surface area contributed by atoms with Gasteiger partial charge >= 0.3 is 0 Å². The maximum atomic E-state index is 11.9. The Morgan fingerprint density at radius 1 is 1.52 bits per heavy atom.